The highest BCUT2D eigenvalue weighted by atomic mass is 35.5. The summed E-state index contributed by atoms with van der Waals surface area (Å²) >= 11 is 12.2. The second-order valence-electron chi connectivity index (χ2n) is 9.30. The van der Waals surface area contributed by atoms with E-state index in [1.807, 2.05) is 18.2 Å². The molecule has 3 amide bonds. The topological polar surface area (TPSA) is 144 Å². The predicted molar refractivity (Wildman–Crippen MR) is 147 cm³/mol. The number of halogens is 2. The van der Waals surface area contributed by atoms with Gasteiger partial charge in [0, 0.05) is 31.3 Å². The van der Waals surface area contributed by atoms with E-state index in [1.54, 1.807) is 11.0 Å². The van der Waals surface area contributed by atoms with Gasteiger partial charge in [0.25, 0.3) is 5.91 Å². The van der Waals surface area contributed by atoms with E-state index in [1.165, 1.54) is 17.7 Å². The molecule has 0 bridgehead atoms. The summed E-state index contributed by atoms with van der Waals surface area (Å²) in [6.07, 6.45) is 3.46. The number of aromatic amines is 1. The van der Waals surface area contributed by atoms with Crippen LogP contribution in [0.3, 0.4) is 0 Å². The maximum absolute atomic E-state index is 12.9. The number of carbonyl (C=O) groups is 3. The number of aromatic nitrogens is 2. The molecule has 3 aromatic rings. The van der Waals surface area contributed by atoms with Crippen molar-refractivity contribution in [3.05, 3.63) is 91.9 Å². The number of carbonyl (C=O) groups excluding carboxylic acids is 2. The molecule has 0 aliphatic carbocycles. The minimum atomic E-state index is -1.34. The maximum atomic E-state index is 12.9. The lowest BCUT2D eigenvalue weighted by Crippen LogP contribution is -2.51. The molecule has 10 nitrogen and oxygen atoms in total. The Labute approximate surface area is 234 Å². The molecule has 4 N–H and O–H groups in total. The molecule has 1 aromatic heterocycles. The van der Waals surface area contributed by atoms with Crippen LogP contribution in [0, 0.1) is 5.92 Å². The highest BCUT2D eigenvalue weighted by Gasteiger charge is 2.28. The number of H-pyrrole nitrogens is 1. The Morgan fingerprint density at radius 3 is 2.36 bits per heavy atom. The van der Waals surface area contributed by atoms with Crippen molar-refractivity contribution < 1.29 is 19.5 Å². The number of amides is 3. The molecular weight excluding hydrogens is 545 g/mol. The molecule has 0 radical (unpaired) electrons. The molecule has 2 heterocycles. The normalized spacial score (nSPS) is 14.5. The number of nitrogens with zero attached hydrogens (tertiary/aromatic N) is 2. The molecule has 1 fully saturated rings. The second kappa shape index (κ2) is 12.8. The van der Waals surface area contributed by atoms with E-state index in [4.69, 9.17) is 23.2 Å². The van der Waals surface area contributed by atoms with Crippen molar-refractivity contribution in [2.24, 2.45) is 5.92 Å². The van der Waals surface area contributed by atoms with E-state index in [2.05, 4.69) is 32.7 Å². The molecule has 0 spiro atoms. The summed E-state index contributed by atoms with van der Waals surface area (Å²) in [5.74, 6) is -1.61. The van der Waals surface area contributed by atoms with Gasteiger partial charge in [0.1, 0.15) is 11.9 Å². The SMILES string of the molecule is O=C(Nc1[nH]c(=O)ncc1CC(NC(=O)N1CCC(Cc2ccccc2)CC1)C(=O)O)c1c(Cl)cccc1Cl. The lowest BCUT2D eigenvalue weighted by Gasteiger charge is -2.33. The highest BCUT2D eigenvalue weighted by Crippen LogP contribution is 2.26. The van der Waals surface area contributed by atoms with Crippen molar-refractivity contribution in [2.45, 2.75) is 31.7 Å². The van der Waals surface area contributed by atoms with Crippen LogP contribution in [0.5, 0.6) is 0 Å². The number of likely N-dealkylation sites (tertiary alicyclic amines) is 1. The zero-order chi connectivity index (χ0) is 27.9. The zero-order valence-corrected chi connectivity index (χ0v) is 22.3. The minimum Gasteiger partial charge on any atom is -0.480 e. The van der Waals surface area contributed by atoms with Gasteiger partial charge in [0.2, 0.25) is 0 Å². The fourth-order valence-electron chi connectivity index (χ4n) is 4.53. The summed E-state index contributed by atoms with van der Waals surface area (Å²) in [5, 5.41) is 15.1. The van der Waals surface area contributed by atoms with Crippen LogP contribution in [-0.4, -0.2) is 57.0 Å². The monoisotopic (exact) mass is 571 g/mol. The molecule has 204 valence electrons. The summed E-state index contributed by atoms with van der Waals surface area (Å²) in [7, 11) is 0. The minimum absolute atomic E-state index is 0.0109. The molecule has 1 aliphatic heterocycles. The molecule has 39 heavy (non-hydrogen) atoms. The number of benzene rings is 2. The van der Waals surface area contributed by atoms with Crippen molar-refractivity contribution in [3.8, 4) is 0 Å². The number of rotatable bonds is 8. The molecule has 4 rings (SSSR count). The molecule has 1 aliphatic rings. The molecule has 0 saturated carbocycles. The van der Waals surface area contributed by atoms with Crippen LogP contribution >= 0.6 is 23.2 Å². The molecule has 2 aromatic carbocycles. The van der Waals surface area contributed by atoms with Gasteiger partial charge in [0.05, 0.1) is 15.6 Å². The third-order valence-corrected chi connectivity index (χ3v) is 7.24. The first kappa shape index (κ1) is 28.1. The standard InChI is InChI=1S/C27H27Cl2N5O5/c28-19-7-4-8-20(29)22(19)24(35)32-23-18(15-30-26(38)33-23)14-21(25(36)37)31-27(39)34-11-9-17(10-12-34)13-16-5-2-1-3-6-16/h1-8,15,17,21H,9-14H2,(H,31,39)(H,36,37)(H2,30,32,33,35,38). The van der Waals surface area contributed by atoms with Crippen LogP contribution < -0.4 is 16.3 Å². The van der Waals surface area contributed by atoms with Gasteiger partial charge >= 0.3 is 17.7 Å². The van der Waals surface area contributed by atoms with E-state index >= 15 is 0 Å². The van der Waals surface area contributed by atoms with Gasteiger partial charge in [-0.1, -0.05) is 59.6 Å². The van der Waals surface area contributed by atoms with Gasteiger partial charge in [-0.25, -0.2) is 19.4 Å². The average molecular weight is 572 g/mol. The lowest BCUT2D eigenvalue weighted by atomic mass is 9.90. The Morgan fingerprint density at radius 1 is 1.05 bits per heavy atom. The Balaban J connectivity index is 1.41. The van der Waals surface area contributed by atoms with E-state index in [9.17, 15) is 24.3 Å². The second-order valence-corrected chi connectivity index (χ2v) is 10.1. The summed E-state index contributed by atoms with van der Waals surface area (Å²) < 4.78 is 0. The number of hydrogen-bond donors (Lipinski definition) is 4. The maximum Gasteiger partial charge on any atom is 0.346 e. The summed E-state index contributed by atoms with van der Waals surface area (Å²) in [6.45, 7) is 1.02. The van der Waals surface area contributed by atoms with Crippen LogP contribution in [0.15, 0.2) is 59.5 Å². The van der Waals surface area contributed by atoms with Crippen LogP contribution in [0.2, 0.25) is 10.0 Å². The van der Waals surface area contributed by atoms with Gasteiger partial charge in [0.15, 0.2) is 0 Å². The Morgan fingerprint density at radius 2 is 1.72 bits per heavy atom. The van der Waals surface area contributed by atoms with Crippen molar-refractivity contribution in [2.75, 3.05) is 18.4 Å². The predicted octanol–water partition coefficient (Wildman–Crippen LogP) is 3.99. The van der Waals surface area contributed by atoms with Crippen LogP contribution in [0.4, 0.5) is 10.6 Å². The fraction of sp³-hybridized carbons (Fsp3) is 0.296. The number of carboxylic acids is 1. The van der Waals surface area contributed by atoms with E-state index < -0.39 is 29.6 Å². The molecule has 1 unspecified atom stereocenters. The van der Waals surface area contributed by atoms with Gasteiger partial charge in [-0.15, -0.1) is 0 Å². The van der Waals surface area contributed by atoms with Crippen LogP contribution in [0.1, 0.15) is 34.3 Å². The number of hydrogen-bond acceptors (Lipinski definition) is 5. The van der Waals surface area contributed by atoms with Crippen LogP contribution in [0.25, 0.3) is 0 Å². The van der Waals surface area contributed by atoms with Gasteiger partial charge < -0.3 is 20.6 Å². The molecule has 1 atom stereocenters. The van der Waals surface area contributed by atoms with E-state index in [0.29, 0.717) is 19.0 Å². The smallest absolute Gasteiger partial charge is 0.346 e. The number of anilines is 1. The third-order valence-electron chi connectivity index (χ3n) is 6.61. The zero-order valence-electron chi connectivity index (χ0n) is 20.8. The first-order chi connectivity index (χ1) is 18.7. The van der Waals surface area contributed by atoms with E-state index in [-0.39, 0.29) is 33.4 Å². The first-order valence-corrected chi connectivity index (χ1v) is 13.1. The largest absolute Gasteiger partial charge is 0.480 e. The highest BCUT2D eigenvalue weighted by molar-refractivity contribution is 6.40. The molecule has 12 heteroatoms. The molecule has 1 saturated heterocycles. The Kier molecular flexibility index (Phi) is 9.21. The number of piperidine rings is 1. The number of nitrogens with one attached hydrogen (secondary N) is 3. The van der Waals surface area contributed by atoms with E-state index in [0.717, 1.165) is 25.5 Å². The first-order valence-electron chi connectivity index (χ1n) is 12.4. The Bertz CT molecular complexity index is 1390. The van der Waals surface area contributed by atoms with Crippen LogP contribution in [-0.2, 0) is 17.6 Å². The van der Waals surface area contributed by atoms with Crippen molar-refractivity contribution in [1.82, 2.24) is 20.2 Å². The summed E-state index contributed by atoms with van der Waals surface area (Å²) in [5.41, 5.74) is 0.678. The summed E-state index contributed by atoms with van der Waals surface area (Å²) in [6, 6.07) is 12.9. The van der Waals surface area contributed by atoms with Crippen molar-refractivity contribution in [1.29, 1.82) is 0 Å². The number of carboxylic acid groups (broad SMARTS) is 1. The fourth-order valence-corrected chi connectivity index (χ4v) is 5.09. The van der Waals surface area contributed by atoms with Crippen molar-refractivity contribution in [3.63, 3.8) is 0 Å². The number of urea groups is 1. The van der Waals surface area contributed by atoms with Gasteiger partial charge in [-0.2, -0.15) is 0 Å². The van der Waals surface area contributed by atoms with Crippen molar-refractivity contribution >= 4 is 46.9 Å². The third kappa shape index (κ3) is 7.36. The van der Waals surface area contributed by atoms with Gasteiger partial charge in [-0.3, -0.25) is 9.78 Å². The molecular formula is C27H27Cl2N5O5. The number of aliphatic carboxylic acids is 1. The summed E-state index contributed by atoms with van der Waals surface area (Å²) in [4.78, 5) is 57.3. The Hall–Kier alpha value is -3.89. The quantitative estimate of drug-likeness (QED) is 0.321. The average Bonchev–Trinajstić information content (AvgIpc) is 2.90. The lowest BCUT2D eigenvalue weighted by molar-refractivity contribution is -0.139. The van der Waals surface area contributed by atoms with Gasteiger partial charge in [-0.05, 0) is 42.9 Å².